The minimum atomic E-state index is -0.938. The van der Waals surface area contributed by atoms with Gasteiger partial charge in [0.15, 0.2) is 0 Å². The number of hydrogen-bond acceptors (Lipinski definition) is 2. The van der Waals surface area contributed by atoms with Gasteiger partial charge in [0.1, 0.15) is 0 Å². The van der Waals surface area contributed by atoms with E-state index in [0.717, 1.165) is 0 Å². The molecule has 2 aliphatic carbocycles. The third-order valence-corrected chi connectivity index (χ3v) is 1.91. The van der Waals surface area contributed by atoms with Crippen molar-refractivity contribution in [1.29, 1.82) is 0 Å². The van der Waals surface area contributed by atoms with Crippen LogP contribution in [0.25, 0.3) is 11.1 Å². The predicted octanol–water partition coefficient (Wildman–Crippen LogP) is 1.52. The van der Waals surface area contributed by atoms with Gasteiger partial charge in [0.2, 0.25) is 0 Å². The molecule has 0 saturated heterocycles. The number of hydrogen-bond donors (Lipinski definition) is 3. The molecule has 0 saturated carbocycles. The molecular weight excluding hydrogens is 218 g/mol. The second-order valence-electron chi connectivity index (χ2n) is 3.20. The van der Waals surface area contributed by atoms with Crippen LogP contribution in [0.15, 0.2) is 48.5 Å². The zero-order valence-corrected chi connectivity index (χ0v) is 9.09. The van der Waals surface area contributed by atoms with Gasteiger partial charge in [-0.05, 0) is 11.1 Å². The number of carbonyl (C=O) groups excluding carboxylic acids is 2. The van der Waals surface area contributed by atoms with E-state index >= 15 is 0 Å². The molecule has 0 aliphatic heterocycles. The largest absolute Gasteiger partial charge is 0.351 e. The van der Waals surface area contributed by atoms with Gasteiger partial charge in [0, 0.05) is 0 Å². The molecule has 0 unspecified atom stereocenters. The number of carbonyl (C=O) groups is 2. The molecule has 0 bridgehead atoms. The number of nitrogens with two attached hydrogens (primary N) is 2. The van der Waals surface area contributed by atoms with Crippen LogP contribution < -0.4 is 16.8 Å². The normalized spacial score (nSPS) is 8.94. The summed E-state index contributed by atoms with van der Waals surface area (Å²) in [5, 5.41) is 1.58. The molecule has 4 amide bonds. The maximum atomic E-state index is 9.62. The minimum absolute atomic E-state index is 0.937. The van der Waals surface area contributed by atoms with Crippen molar-refractivity contribution >= 4 is 12.1 Å². The number of fused-ring (bicyclic) bond motifs is 1. The van der Waals surface area contributed by atoms with E-state index in [1.165, 1.54) is 11.1 Å². The summed E-state index contributed by atoms with van der Waals surface area (Å²) in [5.41, 5.74) is 11.5. The highest BCUT2D eigenvalue weighted by atomic mass is 16.2. The highest BCUT2D eigenvalue weighted by Crippen LogP contribution is 2.19. The van der Waals surface area contributed by atoms with Gasteiger partial charge < -0.3 is 11.5 Å². The van der Waals surface area contributed by atoms with Crippen molar-refractivity contribution in [2.24, 2.45) is 11.5 Å². The second kappa shape index (κ2) is 6.12. The second-order valence-corrected chi connectivity index (χ2v) is 3.20. The van der Waals surface area contributed by atoms with E-state index in [-0.39, 0.29) is 0 Å². The number of imide groups is 1. The van der Waals surface area contributed by atoms with Crippen LogP contribution in [0, 0.1) is 0 Å². The zero-order valence-electron chi connectivity index (χ0n) is 9.09. The first-order chi connectivity index (χ1) is 8.09. The Balaban J connectivity index is 0.000000185. The molecule has 88 valence electrons. The molecule has 5 nitrogen and oxygen atoms in total. The average Bonchev–Trinajstić information content (AvgIpc) is 2.54. The fraction of sp³-hybridized carbons (Fsp3) is 0. The molecule has 17 heavy (non-hydrogen) atoms. The van der Waals surface area contributed by atoms with Crippen molar-refractivity contribution < 1.29 is 9.59 Å². The lowest BCUT2D eigenvalue weighted by Crippen LogP contribution is -2.38. The van der Waals surface area contributed by atoms with Gasteiger partial charge >= 0.3 is 12.1 Å². The fourth-order valence-electron chi connectivity index (χ4n) is 1.26. The first-order valence-corrected chi connectivity index (χ1v) is 4.89. The van der Waals surface area contributed by atoms with Gasteiger partial charge in [-0.25, -0.2) is 9.59 Å². The van der Waals surface area contributed by atoms with Crippen LogP contribution in [0.4, 0.5) is 9.59 Å². The Morgan fingerprint density at radius 3 is 1.53 bits per heavy atom. The lowest BCUT2D eigenvalue weighted by Gasteiger charge is -1.88. The van der Waals surface area contributed by atoms with Crippen molar-refractivity contribution in [3.05, 3.63) is 48.5 Å². The first-order valence-electron chi connectivity index (χ1n) is 4.89. The van der Waals surface area contributed by atoms with Crippen molar-refractivity contribution in [2.75, 3.05) is 0 Å². The maximum Gasteiger partial charge on any atom is 0.320 e. The van der Waals surface area contributed by atoms with E-state index in [9.17, 15) is 9.59 Å². The van der Waals surface area contributed by atoms with Gasteiger partial charge in [0.25, 0.3) is 0 Å². The van der Waals surface area contributed by atoms with Gasteiger partial charge in [-0.3, -0.25) is 5.32 Å². The number of urea groups is 2. The Labute approximate surface area is 98.8 Å². The van der Waals surface area contributed by atoms with Crippen LogP contribution in [-0.4, -0.2) is 12.1 Å². The molecule has 0 atom stereocenters. The summed E-state index contributed by atoms with van der Waals surface area (Å²) >= 11 is 0. The molecule has 2 aliphatic rings. The first kappa shape index (κ1) is 12.5. The third-order valence-electron chi connectivity index (χ3n) is 1.91. The quantitative estimate of drug-likeness (QED) is 0.640. The molecular formula is C12H13N3O2. The van der Waals surface area contributed by atoms with Crippen LogP contribution in [0.1, 0.15) is 0 Å². The van der Waals surface area contributed by atoms with E-state index in [1.807, 2.05) is 6.07 Å². The number of nitrogens with one attached hydrogen (secondary N) is 1. The lowest BCUT2D eigenvalue weighted by atomic mass is 10.2. The average molecular weight is 231 g/mol. The zero-order chi connectivity index (χ0) is 12.7. The van der Waals surface area contributed by atoms with Gasteiger partial charge in [-0.2, -0.15) is 0 Å². The smallest absolute Gasteiger partial charge is 0.320 e. The van der Waals surface area contributed by atoms with Crippen molar-refractivity contribution in [1.82, 2.24) is 5.32 Å². The molecule has 0 aromatic heterocycles. The molecule has 5 heteroatoms. The maximum absolute atomic E-state index is 9.62. The summed E-state index contributed by atoms with van der Waals surface area (Å²) < 4.78 is 0. The van der Waals surface area contributed by atoms with Crippen LogP contribution in [0.5, 0.6) is 0 Å². The Hall–Kier alpha value is -2.56. The number of rotatable bonds is 0. The molecule has 5 N–H and O–H groups in total. The molecule has 0 radical (unpaired) electrons. The van der Waals surface area contributed by atoms with Crippen LogP contribution >= 0.6 is 0 Å². The number of amides is 4. The molecule has 2 rings (SSSR count). The minimum Gasteiger partial charge on any atom is -0.351 e. The SMILES string of the molecule is NC(=O)NC(N)=O.c1ccc2cccc-2cc1. The summed E-state index contributed by atoms with van der Waals surface area (Å²) in [7, 11) is 0. The molecule has 0 spiro atoms. The van der Waals surface area contributed by atoms with Crippen molar-refractivity contribution in [3.8, 4) is 11.1 Å². The number of primary amides is 2. The summed E-state index contributed by atoms with van der Waals surface area (Å²) in [6.45, 7) is 0. The summed E-state index contributed by atoms with van der Waals surface area (Å²) in [6, 6.07) is 14.8. The van der Waals surface area contributed by atoms with Crippen molar-refractivity contribution in [2.45, 2.75) is 0 Å². The summed E-state index contributed by atoms with van der Waals surface area (Å²) in [4.78, 5) is 19.2. The molecule has 0 fully saturated rings. The lowest BCUT2D eigenvalue weighted by molar-refractivity contribution is 0.236. The Morgan fingerprint density at radius 2 is 1.18 bits per heavy atom. The van der Waals surface area contributed by atoms with E-state index in [4.69, 9.17) is 0 Å². The summed E-state index contributed by atoms with van der Waals surface area (Å²) in [6.07, 6.45) is 0. The Morgan fingerprint density at radius 1 is 0.765 bits per heavy atom. The van der Waals surface area contributed by atoms with Crippen LogP contribution in [-0.2, 0) is 0 Å². The van der Waals surface area contributed by atoms with Crippen LogP contribution in [0.3, 0.4) is 0 Å². The Bertz CT molecular complexity index is 445. The van der Waals surface area contributed by atoms with E-state index in [2.05, 4.69) is 53.9 Å². The van der Waals surface area contributed by atoms with Gasteiger partial charge in [-0.1, -0.05) is 48.5 Å². The highest BCUT2D eigenvalue weighted by molar-refractivity contribution is 5.91. The highest BCUT2D eigenvalue weighted by Gasteiger charge is 1.94. The summed E-state index contributed by atoms with van der Waals surface area (Å²) in [5.74, 6) is 0. The molecule has 0 aromatic rings. The van der Waals surface area contributed by atoms with Crippen molar-refractivity contribution in [3.63, 3.8) is 0 Å². The van der Waals surface area contributed by atoms with E-state index in [0.29, 0.717) is 0 Å². The van der Waals surface area contributed by atoms with E-state index < -0.39 is 12.1 Å². The fourth-order valence-corrected chi connectivity index (χ4v) is 1.26. The molecule has 0 aromatic carbocycles. The molecule has 0 heterocycles. The van der Waals surface area contributed by atoms with Gasteiger partial charge in [-0.15, -0.1) is 0 Å². The monoisotopic (exact) mass is 231 g/mol. The topological polar surface area (TPSA) is 98.2 Å². The Kier molecular flexibility index (Phi) is 4.50. The third kappa shape index (κ3) is 4.65. The van der Waals surface area contributed by atoms with Gasteiger partial charge in [0.05, 0.1) is 0 Å². The van der Waals surface area contributed by atoms with Crippen LogP contribution in [0.2, 0.25) is 0 Å². The predicted molar refractivity (Wildman–Crippen MR) is 65.4 cm³/mol. The standard InChI is InChI=1S/C10H8.C2H5N3O2/c1-2-5-9-7-4-8-10(9)6-3-1;3-1(6)5-2(4)7/h1-8H;(H5,3,4,5,6,7). The van der Waals surface area contributed by atoms with E-state index in [1.54, 1.807) is 5.32 Å².